The first-order chi connectivity index (χ1) is 16.1. The molecule has 0 atom stereocenters. The van der Waals surface area contributed by atoms with Gasteiger partial charge in [-0.3, -0.25) is 14.7 Å². The van der Waals surface area contributed by atoms with Crippen molar-refractivity contribution in [2.75, 3.05) is 7.05 Å². The minimum Gasteiger partial charge on any atom is -0.358 e. The highest BCUT2D eigenvalue weighted by Crippen LogP contribution is 2.19. The number of aromatic amines is 2. The molecule has 0 bridgehead atoms. The normalized spacial score (nSPS) is 10.1. The Morgan fingerprint density at radius 3 is 2.18 bits per heavy atom. The van der Waals surface area contributed by atoms with Crippen molar-refractivity contribution in [3.63, 3.8) is 0 Å². The summed E-state index contributed by atoms with van der Waals surface area (Å²) in [6, 6.07) is 3.99. The maximum atomic E-state index is 13.4. The summed E-state index contributed by atoms with van der Waals surface area (Å²) in [5, 5.41) is 19.6. The van der Waals surface area contributed by atoms with E-state index in [4.69, 9.17) is 0 Å². The van der Waals surface area contributed by atoms with Gasteiger partial charge in [0.25, 0.3) is 0 Å². The number of benzene rings is 1. The Kier molecular flexibility index (Phi) is 9.83. The summed E-state index contributed by atoms with van der Waals surface area (Å²) in [6.07, 6.45) is 1.60. The Morgan fingerprint density at radius 2 is 1.76 bits per heavy atom. The molecular weight excluding hydrogens is 469 g/mol. The Labute approximate surface area is 197 Å². The van der Waals surface area contributed by atoms with Crippen LogP contribution < -0.4 is 5.32 Å². The Hall–Kier alpha value is -3.64. The largest absolute Gasteiger partial charge is 0.358 e. The van der Waals surface area contributed by atoms with Gasteiger partial charge in [0.05, 0.1) is 17.0 Å². The van der Waals surface area contributed by atoms with Crippen molar-refractivity contribution in [1.82, 2.24) is 30.7 Å². The fourth-order valence-electron chi connectivity index (χ4n) is 2.63. The molecule has 0 aliphatic carbocycles. The second kappa shape index (κ2) is 12.6. The highest BCUT2D eigenvalue weighted by Gasteiger charge is 2.21. The van der Waals surface area contributed by atoms with Crippen LogP contribution in [0.25, 0.3) is 0 Å². The number of carbonyl (C=O) groups excluding carboxylic acids is 2. The van der Waals surface area contributed by atoms with Crippen LogP contribution in [0.15, 0.2) is 30.5 Å². The van der Waals surface area contributed by atoms with Gasteiger partial charge in [-0.1, -0.05) is 0 Å². The van der Waals surface area contributed by atoms with E-state index in [0.717, 1.165) is 40.2 Å². The van der Waals surface area contributed by atoms with E-state index in [9.17, 15) is 22.8 Å². The molecule has 3 aromatic heterocycles. The van der Waals surface area contributed by atoms with Crippen molar-refractivity contribution in [2.24, 2.45) is 0 Å². The number of aryl methyl sites for hydroxylation is 3. The molecule has 3 N–H and O–H groups in total. The molecule has 0 unspecified atom stereocenters. The number of hydrogen-bond acceptors (Lipinski definition) is 7. The Bertz CT molecular complexity index is 1210. The van der Waals surface area contributed by atoms with Gasteiger partial charge in [0.2, 0.25) is 0 Å². The Balaban J connectivity index is 0.000000211. The average Bonchev–Trinajstić information content (AvgIpc) is 3.50. The van der Waals surface area contributed by atoms with Gasteiger partial charge in [0, 0.05) is 36.1 Å². The first kappa shape index (κ1) is 26.6. The third kappa shape index (κ3) is 7.74. The first-order valence-electron chi connectivity index (χ1n) is 9.89. The standard InChI is InChI=1S/C12H6F3NO2.C5H9N3S.C5H8N2/c13-7-2-9(14)11(10(15)3-7)12(18)6-1-8(5-17)16-4-6;1-4-7-8-5(9-4)3-6-2;1-4-3-5(2)7-6-4/h1-5,16H;6H,3H2,1-2H3;3H,1-2H3,(H,6,7). The maximum Gasteiger partial charge on any atom is 0.200 e. The zero-order chi connectivity index (χ0) is 25.3. The van der Waals surface area contributed by atoms with E-state index in [0.29, 0.717) is 18.4 Å². The molecule has 4 rings (SSSR count). The van der Waals surface area contributed by atoms with E-state index < -0.39 is 28.8 Å². The van der Waals surface area contributed by atoms with Gasteiger partial charge in [-0.05, 0) is 40.0 Å². The molecule has 0 spiro atoms. The topological polar surface area (TPSA) is 116 Å². The lowest BCUT2D eigenvalue weighted by molar-refractivity contribution is 0.103. The van der Waals surface area contributed by atoms with Crippen LogP contribution in [0.3, 0.4) is 0 Å². The average molecular weight is 493 g/mol. The predicted molar refractivity (Wildman–Crippen MR) is 121 cm³/mol. The van der Waals surface area contributed by atoms with Crippen LogP contribution in [0.4, 0.5) is 13.2 Å². The van der Waals surface area contributed by atoms with Crippen LogP contribution in [0.1, 0.15) is 47.8 Å². The quantitative estimate of drug-likeness (QED) is 0.286. The molecule has 180 valence electrons. The summed E-state index contributed by atoms with van der Waals surface area (Å²) in [6.45, 7) is 6.73. The number of nitrogens with zero attached hydrogens (tertiary/aromatic N) is 3. The predicted octanol–water partition coefficient (Wildman–Crippen LogP) is 4.07. The van der Waals surface area contributed by atoms with Crippen LogP contribution >= 0.6 is 11.3 Å². The first-order valence-corrected chi connectivity index (χ1v) is 10.7. The summed E-state index contributed by atoms with van der Waals surface area (Å²) < 4.78 is 39.4. The minimum absolute atomic E-state index is 0.0819. The number of hydrogen-bond donors (Lipinski definition) is 3. The van der Waals surface area contributed by atoms with Crippen LogP contribution in [0.2, 0.25) is 0 Å². The molecule has 12 heteroatoms. The van der Waals surface area contributed by atoms with Gasteiger partial charge < -0.3 is 10.3 Å². The van der Waals surface area contributed by atoms with E-state index in [-0.39, 0.29) is 11.3 Å². The summed E-state index contributed by atoms with van der Waals surface area (Å²) in [7, 11) is 1.90. The molecular formula is C22H23F3N6O2S. The van der Waals surface area contributed by atoms with Crippen molar-refractivity contribution in [3.05, 3.63) is 86.1 Å². The zero-order valence-corrected chi connectivity index (χ0v) is 19.7. The highest BCUT2D eigenvalue weighted by atomic mass is 32.1. The smallest absolute Gasteiger partial charge is 0.200 e. The van der Waals surface area contributed by atoms with Gasteiger partial charge >= 0.3 is 0 Å². The number of carbonyl (C=O) groups is 2. The molecule has 3 heterocycles. The summed E-state index contributed by atoms with van der Waals surface area (Å²) >= 11 is 1.63. The van der Waals surface area contributed by atoms with Crippen LogP contribution in [0.5, 0.6) is 0 Å². The van der Waals surface area contributed by atoms with Crippen molar-refractivity contribution in [2.45, 2.75) is 27.3 Å². The molecule has 0 amide bonds. The van der Waals surface area contributed by atoms with E-state index in [2.05, 4.69) is 30.7 Å². The van der Waals surface area contributed by atoms with Gasteiger partial charge in [-0.25, -0.2) is 13.2 Å². The lowest BCUT2D eigenvalue weighted by Gasteiger charge is -2.02. The van der Waals surface area contributed by atoms with E-state index in [1.165, 1.54) is 0 Å². The summed E-state index contributed by atoms with van der Waals surface area (Å²) in [5.74, 6) is -4.64. The number of halogens is 3. The number of rotatable bonds is 5. The number of aldehydes is 1. The zero-order valence-electron chi connectivity index (χ0n) is 18.9. The molecule has 0 fully saturated rings. The van der Waals surface area contributed by atoms with Gasteiger partial charge in [-0.15, -0.1) is 21.5 Å². The molecule has 0 aliphatic heterocycles. The minimum atomic E-state index is -1.29. The molecule has 34 heavy (non-hydrogen) atoms. The third-order valence-corrected chi connectivity index (χ3v) is 4.90. The molecule has 0 radical (unpaired) electrons. The Morgan fingerprint density at radius 1 is 1.09 bits per heavy atom. The molecule has 1 aromatic carbocycles. The number of H-pyrrole nitrogens is 2. The molecule has 0 saturated heterocycles. The molecule has 4 aromatic rings. The monoisotopic (exact) mass is 492 g/mol. The van der Waals surface area contributed by atoms with Crippen molar-refractivity contribution in [1.29, 1.82) is 0 Å². The van der Waals surface area contributed by atoms with E-state index in [1.54, 1.807) is 11.3 Å². The fraction of sp³-hybridized carbons (Fsp3) is 0.227. The van der Waals surface area contributed by atoms with Gasteiger partial charge in [0.15, 0.2) is 12.1 Å². The number of ketones is 1. The van der Waals surface area contributed by atoms with Crippen LogP contribution in [0, 0.1) is 38.2 Å². The van der Waals surface area contributed by atoms with Crippen LogP contribution in [-0.2, 0) is 6.54 Å². The van der Waals surface area contributed by atoms with Crippen molar-refractivity contribution < 1.29 is 22.8 Å². The molecule has 8 nitrogen and oxygen atoms in total. The van der Waals surface area contributed by atoms with Crippen molar-refractivity contribution in [3.8, 4) is 0 Å². The second-order valence-electron chi connectivity index (χ2n) is 6.97. The number of nitrogens with one attached hydrogen (secondary N) is 3. The summed E-state index contributed by atoms with van der Waals surface area (Å²) in [4.78, 5) is 24.7. The highest BCUT2D eigenvalue weighted by molar-refractivity contribution is 7.11. The van der Waals surface area contributed by atoms with Gasteiger partial charge in [-0.2, -0.15) is 5.10 Å². The maximum absolute atomic E-state index is 13.4. The van der Waals surface area contributed by atoms with E-state index >= 15 is 0 Å². The molecule has 0 aliphatic rings. The van der Waals surface area contributed by atoms with E-state index in [1.807, 2.05) is 33.9 Å². The van der Waals surface area contributed by atoms with Gasteiger partial charge in [0.1, 0.15) is 27.5 Å². The third-order valence-electron chi connectivity index (χ3n) is 4.06. The lowest BCUT2D eigenvalue weighted by atomic mass is 10.0. The lowest BCUT2D eigenvalue weighted by Crippen LogP contribution is -2.07. The SMILES string of the molecule is CNCc1nnc(C)s1.Cc1cc(C)[nH]n1.O=Cc1cc(C(=O)c2c(F)cc(F)cc2F)c[nH]1. The van der Waals surface area contributed by atoms with Crippen LogP contribution in [-0.4, -0.2) is 44.5 Å². The summed E-state index contributed by atoms with van der Waals surface area (Å²) in [5.41, 5.74) is 1.34. The van der Waals surface area contributed by atoms with Crippen molar-refractivity contribution >= 4 is 23.4 Å². The molecule has 0 saturated carbocycles. The fourth-order valence-corrected chi connectivity index (χ4v) is 3.35. The second-order valence-corrected chi connectivity index (χ2v) is 8.24. The number of aromatic nitrogens is 5.